The number of hydrogen-bond acceptors (Lipinski definition) is 12. The third kappa shape index (κ3) is 8.38. The van der Waals surface area contributed by atoms with Gasteiger partial charge < -0.3 is 33.2 Å². The van der Waals surface area contributed by atoms with Crippen LogP contribution in [0.4, 0.5) is 14.9 Å². The summed E-state index contributed by atoms with van der Waals surface area (Å²) in [5, 5.41) is 17.3. The molecule has 2 heterocycles. The van der Waals surface area contributed by atoms with Gasteiger partial charge in [0.05, 0.1) is 17.3 Å². The molecule has 1 amide bonds. The van der Waals surface area contributed by atoms with Crippen LogP contribution in [0.2, 0.25) is 18.1 Å². The third-order valence-electron chi connectivity index (χ3n) is 14.4. The summed E-state index contributed by atoms with van der Waals surface area (Å²) in [5.41, 5.74) is -1.18. The van der Waals surface area contributed by atoms with Crippen molar-refractivity contribution in [2.45, 2.75) is 115 Å². The molecule has 0 saturated heterocycles. The normalized spacial score (nSPS) is 22.6. The molecule has 4 aromatic rings. The second kappa shape index (κ2) is 18.0. The van der Waals surface area contributed by atoms with E-state index in [0.717, 1.165) is 11.1 Å². The van der Waals surface area contributed by atoms with Gasteiger partial charge in [-0.15, -0.1) is 6.58 Å². The first-order chi connectivity index (χ1) is 32.0. The Hall–Kier alpha value is -5.61. The molecule has 0 spiro atoms. The monoisotopic (exact) mass is 948 g/mol. The lowest BCUT2D eigenvalue weighted by Gasteiger charge is -2.55. The molecule has 1 aromatic heterocycles. The minimum atomic E-state index is -3.07. The number of likely N-dealkylation sites (N-methyl/N-ethyl adjacent to an activating group) is 1. The van der Waals surface area contributed by atoms with E-state index in [9.17, 15) is 9.90 Å². The molecule has 13 nitrogen and oxygen atoms in total. The summed E-state index contributed by atoms with van der Waals surface area (Å²) in [5.74, 6) is -3.98. The molecule has 1 aliphatic heterocycles. The van der Waals surface area contributed by atoms with E-state index in [1.807, 2.05) is 125 Å². The Bertz CT molecular complexity index is 2650. The van der Waals surface area contributed by atoms with Crippen LogP contribution >= 0.6 is 0 Å². The molecule has 3 aromatic carbocycles. The quantitative estimate of drug-likeness (QED) is 0.107. The van der Waals surface area contributed by atoms with Gasteiger partial charge in [0, 0.05) is 41.7 Å². The van der Waals surface area contributed by atoms with E-state index < -0.39 is 77.7 Å². The first kappa shape index (κ1) is 48.8. The summed E-state index contributed by atoms with van der Waals surface area (Å²) >= 11 is 0. The Morgan fingerprint density at radius 3 is 2.18 bits per heavy atom. The van der Waals surface area contributed by atoms with Gasteiger partial charge in [-0.3, -0.25) is 19.4 Å². The number of fused-ring (bicyclic) bond motifs is 5. The fourth-order valence-electron chi connectivity index (χ4n) is 10.2. The van der Waals surface area contributed by atoms with Crippen LogP contribution in [0.15, 0.2) is 89.2 Å². The van der Waals surface area contributed by atoms with Crippen LogP contribution in [0.1, 0.15) is 115 Å². The van der Waals surface area contributed by atoms with Gasteiger partial charge in [-0.1, -0.05) is 87.5 Å². The molecule has 362 valence electrons. The largest absolute Gasteiger partial charge is 0.508 e. The minimum absolute atomic E-state index is 0.000571. The number of aliphatic hydroxyl groups excluding tert-OH is 1. The lowest BCUT2D eigenvalue weighted by molar-refractivity contribution is -0.0502. The molecule has 8 rings (SSSR count). The predicted molar refractivity (Wildman–Crippen MR) is 259 cm³/mol. The highest BCUT2D eigenvalue weighted by molar-refractivity contribution is 6.74. The minimum Gasteiger partial charge on any atom is -0.508 e. The van der Waals surface area contributed by atoms with Crippen molar-refractivity contribution < 1.29 is 47.0 Å². The molecule has 0 fully saturated rings. The highest BCUT2D eigenvalue weighted by Gasteiger charge is 2.67. The van der Waals surface area contributed by atoms with Crippen LogP contribution < -0.4 is 14.4 Å². The Balaban J connectivity index is 1.39. The van der Waals surface area contributed by atoms with E-state index in [1.165, 1.54) is 4.90 Å². The van der Waals surface area contributed by atoms with Crippen molar-refractivity contribution in [3.8, 4) is 11.6 Å². The van der Waals surface area contributed by atoms with Gasteiger partial charge in [0.15, 0.2) is 31.2 Å². The third-order valence-corrected chi connectivity index (χ3v) is 18.9. The standard InChI is InChI=1S/C53H65FN4O9Si/c1-13-25-57(10)42-35-28-33-27-34-38(45(63-29-31-20-16-14-17-21-31)43-39(41(34)54)36(56(8)9)24-26-58(43)50(62)65-51(2,3)4)44(59)37(33)47(60)53(35,67-68(11,12)52(5,6)7)48(61)40-46(42)66-55-49(40)64-30-32-22-18-15-19-23-32/h13-23,33,35-36,42,60H,1,24-30H2,2-12H3/t33-,35-,36?,42-,53-/m0/s1. The number of ketones is 2. The van der Waals surface area contributed by atoms with Crippen LogP contribution in [-0.2, 0) is 28.8 Å². The van der Waals surface area contributed by atoms with Crippen molar-refractivity contribution in [2.24, 2.45) is 11.8 Å². The summed E-state index contributed by atoms with van der Waals surface area (Å²) in [4.78, 5) is 51.4. The van der Waals surface area contributed by atoms with Crippen molar-refractivity contribution >= 4 is 31.7 Å². The number of aromatic nitrogens is 1. The van der Waals surface area contributed by atoms with E-state index in [-0.39, 0.29) is 83.5 Å². The maximum Gasteiger partial charge on any atom is 0.414 e. The highest BCUT2D eigenvalue weighted by Crippen LogP contribution is 2.61. The van der Waals surface area contributed by atoms with Crippen LogP contribution in [0, 0.1) is 17.7 Å². The number of ether oxygens (including phenoxy) is 3. The maximum atomic E-state index is 18.1. The number of rotatable bonds is 12. The van der Waals surface area contributed by atoms with Gasteiger partial charge in [-0.25, -0.2) is 9.18 Å². The number of Topliss-reactive ketones (excluding diaryl/α,β-unsaturated/α-hetero) is 2. The number of amides is 1. The molecule has 0 radical (unpaired) electrons. The molecule has 15 heteroatoms. The summed E-state index contributed by atoms with van der Waals surface area (Å²) in [6, 6.07) is 17.5. The summed E-state index contributed by atoms with van der Waals surface area (Å²) in [6.07, 6.45) is 1.48. The van der Waals surface area contributed by atoms with Crippen molar-refractivity contribution in [3.05, 3.63) is 130 Å². The summed E-state index contributed by atoms with van der Waals surface area (Å²) in [6.45, 7) is 19.9. The number of hydrogen-bond donors (Lipinski definition) is 1. The van der Waals surface area contributed by atoms with E-state index >= 15 is 14.0 Å². The fraction of sp³-hybridized carbons (Fsp3) is 0.472. The van der Waals surface area contributed by atoms with Gasteiger partial charge in [0.25, 0.3) is 5.88 Å². The zero-order valence-corrected chi connectivity index (χ0v) is 42.2. The Labute approximate surface area is 400 Å². The SMILES string of the molecule is C=CCN(C)[C@@H]1c2onc(OCc3ccccc3)c2C(=O)[C@@]2(O[Si](C)(C)C(C)(C)C)C(O)=C3C(=O)c4c(c(F)c5c(c4OCc4ccccc4)N(C(=O)OC(C)(C)C)CCC5N(C)C)C[C@H]3C[C@@H]12. The predicted octanol–water partition coefficient (Wildman–Crippen LogP) is 10.7. The maximum absolute atomic E-state index is 18.1. The Morgan fingerprint density at radius 1 is 0.985 bits per heavy atom. The molecule has 1 N–H and O–H groups in total. The smallest absolute Gasteiger partial charge is 0.414 e. The Morgan fingerprint density at radius 2 is 1.60 bits per heavy atom. The van der Waals surface area contributed by atoms with Crippen LogP contribution in [0.3, 0.4) is 0 Å². The van der Waals surface area contributed by atoms with Crippen molar-refractivity contribution in [1.29, 1.82) is 0 Å². The number of anilines is 1. The van der Waals surface area contributed by atoms with Gasteiger partial charge in [-0.05, 0) is 102 Å². The average molecular weight is 949 g/mol. The van der Waals surface area contributed by atoms with Gasteiger partial charge in [0.1, 0.15) is 36.0 Å². The molecule has 4 aliphatic rings. The van der Waals surface area contributed by atoms with Crippen molar-refractivity contribution in [1.82, 2.24) is 15.0 Å². The molecular weight excluding hydrogens is 884 g/mol. The number of aliphatic hydroxyl groups is 1. The topological polar surface area (TPSA) is 144 Å². The second-order valence-corrected chi connectivity index (χ2v) is 26.1. The molecule has 0 bridgehead atoms. The Kier molecular flexibility index (Phi) is 13.0. The number of allylic oxidation sites excluding steroid dienone is 1. The molecule has 0 saturated carbocycles. The van der Waals surface area contributed by atoms with Crippen LogP contribution in [-0.4, -0.2) is 91.5 Å². The van der Waals surface area contributed by atoms with Gasteiger partial charge >= 0.3 is 6.09 Å². The van der Waals surface area contributed by atoms with E-state index in [4.69, 9.17) is 23.2 Å². The number of carbonyl (C=O) groups is 3. The zero-order chi connectivity index (χ0) is 49.2. The lowest BCUT2D eigenvalue weighted by atomic mass is 9.58. The number of nitrogens with zero attached hydrogens (tertiary/aromatic N) is 4. The van der Waals surface area contributed by atoms with Crippen LogP contribution in [0.25, 0.3) is 0 Å². The lowest BCUT2D eigenvalue weighted by Crippen LogP contribution is -2.65. The number of halogens is 1. The molecule has 1 unspecified atom stereocenters. The molecule has 3 aliphatic carbocycles. The number of benzene rings is 3. The van der Waals surface area contributed by atoms with Gasteiger partial charge in [0.2, 0.25) is 5.78 Å². The average Bonchev–Trinajstić information content (AvgIpc) is 3.69. The first-order valence-electron chi connectivity index (χ1n) is 23.4. The fourth-order valence-corrected chi connectivity index (χ4v) is 11.7. The van der Waals surface area contributed by atoms with Crippen molar-refractivity contribution in [2.75, 3.05) is 39.1 Å². The first-order valence-corrected chi connectivity index (χ1v) is 26.4. The highest BCUT2D eigenvalue weighted by atomic mass is 28.4. The van der Waals surface area contributed by atoms with Gasteiger partial charge in [-0.2, -0.15) is 0 Å². The van der Waals surface area contributed by atoms with Crippen LogP contribution in [0.5, 0.6) is 11.6 Å². The molecule has 5 atom stereocenters. The van der Waals surface area contributed by atoms with E-state index in [1.54, 1.807) is 26.8 Å². The zero-order valence-electron chi connectivity index (χ0n) is 41.2. The summed E-state index contributed by atoms with van der Waals surface area (Å²) in [7, 11) is 2.50. The van der Waals surface area contributed by atoms with Crippen molar-refractivity contribution in [3.63, 3.8) is 0 Å². The number of carbonyl (C=O) groups excluding carboxylic acids is 3. The molecule has 68 heavy (non-hydrogen) atoms. The van der Waals surface area contributed by atoms with E-state index in [2.05, 4.69) is 11.7 Å². The van der Waals surface area contributed by atoms with E-state index in [0.29, 0.717) is 13.0 Å². The summed E-state index contributed by atoms with van der Waals surface area (Å²) < 4.78 is 50.5. The second-order valence-electron chi connectivity index (χ2n) is 21.4. The molecular formula is C53H65FN4O9Si.